The number of benzene rings is 1. The first kappa shape index (κ1) is 14.1. The lowest BCUT2D eigenvalue weighted by molar-refractivity contribution is 0.0773. The molecule has 104 valence electrons. The first-order valence-electron chi connectivity index (χ1n) is 6.52. The van der Waals surface area contributed by atoms with Crippen molar-refractivity contribution in [2.45, 2.75) is 6.92 Å². The van der Waals surface area contributed by atoms with Crippen LogP contribution in [-0.4, -0.2) is 36.0 Å². The average molecular weight is 270 g/mol. The molecule has 0 radical (unpaired) electrons. The highest BCUT2D eigenvalue weighted by Gasteiger charge is 2.10. The SMILES string of the molecule is Cc1ccc(OCCN(C)C(=O)c2ccncc2)cc1. The van der Waals surface area contributed by atoms with E-state index < -0.39 is 0 Å². The fraction of sp³-hybridized carbons (Fsp3) is 0.250. The van der Waals surface area contributed by atoms with Gasteiger partial charge in [-0.2, -0.15) is 0 Å². The largest absolute Gasteiger partial charge is 0.492 e. The number of hydrogen-bond acceptors (Lipinski definition) is 3. The van der Waals surface area contributed by atoms with Crippen LogP contribution in [0.15, 0.2) is 48.8 Å². The first-order chi connectivity index (χ1) is 9.66. The molecule has 4 heteroatoms. The Bertz CT molecular complexity index is 552. The zero-order valence-corrected chi connectivity index (χ0v) is 11.7. The Morgan fingerprint density at radius 1 is 1.15 bits per heavy atom. The van der Waals surface area contributed by atoms with Gasteiger partial charge in [-0.1, -0.05) is 17.7 Å². The Labute approximate surface area is 119 Å². The van der Waals surface area contributed by atoms with Crippen molar-refractivity contribution in [3.05, 3.63) is 59.9 Å². The molecule has 4 nitrogen and oxygen atoms in total. The molecule has 20 heavy (non-hydrogen) atoms. The lowest BCUT2D eigenvalue weighted by Crippen LogP contribution is -2.30. The molecular formula is C16H18N2O2. The van der Waals surface area contributed by atoms with Gasteiger partial charge in [0.2, 0.25) is 0 Å². The van der Waals surface area contributed by atoms with Crippen LogP contribution < -0.4 is 4.74 Å². The number of aromatic nitrogens is 1. The van der Waals surface area contributed by atoms with E-state index in [9.17, 15) is 4.79 Å². The molecule has 0 unspecified atom stereocenters. The van der Waals surface area contributed by atoms with Crippen molar-refractivity contribution < 1.29 is 9.53 Å². The summed E-state index contributed by atoms with van der Waals surface area (Å²) >= 11 is 0. The molecule has 1 heterocycles. The van der Waals surface area contributed by atoms with Gasteiger partial charge in [0, 0.05) is 25.0 Å². The Balaban J connectivity index is 1.82. The monoisotopic (exact) mass is 270 g/mol. The number of likely N-dealkylation sites (N-methyl/N-ethyl adjacent to an activating group) is 1. The summed E-state index contributed by atoms with van der Waals surface area (Å²) in [7, 11) is 1.77. The average Bonchev–Trinajstić information content (AvgIpc) is 2.49. The number of hydrogen-bond donors (Lipinski definition) is 0. The van der Waals surface area contributed by atoms with E-state index >= 15 is 0 Å². The number of amides is 1. The van der Waals surface area contributed by atoms with Gasteiger partial charge in [-0.25, -0.2) is 0 Å². The minimum atomic E-state index is -0.0279. The number of carbonyl (C=O) groups is 1. The van der Waals surface area contributed by atoms with Crippen LogP contribution in [0.5, 0.6) is 5.75 Å². The molecule has 0 spiro atoms. The highest BCUT2D eigenvalue weighted by molar-refractivity contribution is 5.93. The summed E-state index contributed by atoms with van der Waals surface area (Å²) in [6.45, 7) is 3.04. The van der Waals surface area contributed by atoms with Crippen LogP contribution >= 0.6 is 0 Å². The van der Waals surface area contributed by atoms with Crippen LogP contribution in [0, 0.1) is 6.92 Å². The van der Waals surface area contributed by atoms with Gasteiger partial charge >= 0.3 is 0 Å². The Morgan fingerprint density at radius 2 is 1.80 bits per heavy atom. The third-order valence-corrected chi connectivity index (χ3v) is 2.99. The second-order valence-corrected chi connectivity index (χ2v) is 4.62. The van der Waals surface area contributed by atoms with Crippen molar-refractivity contribution in [1.29, 1.82) is 0 Å². The van der Waals surface area contributed by atoms with Crippen molar-refractivity contribution >= 4 is 5.91 Å². The summed E-state index contributed by atoms with van der Waals surface area (Å²) in [5.74, 6) is 0.792. The molecular weight excluding hydrogens is 252 g/mol. The molecule has 0 N–H and O–H groups in total. The summed E-state index contributed by atoms with van der Waals surface area (Å²) in [5.41, 5.74) is 1.83. The van der Waals surface area contributed by atoms with E-state index in [1.807, 2.05) is 31.2 Å². The molecule has 0 saturated heterocycles. The van der Waals surface area contributed by atoms with Crippen molar-refractivity contribution in [2.24, 2.45) is 0 Å². The van der Waals surface area contributed by atoms with E-state index in [-0.39, 0.29) is 5.91 Å². The van der Waals surface area contributed by atoms with Gasteiger partial charge in [0.15, 0.2) is 0 Å². The fourth-order valence-corrected chi connectivity index (χ4v) is 1.75. The van der Waals surface area contributed by atoms with Crippen LogP contribution in [0.1, 0.15) is 15.9 Å². The van der Waals surface area contributed by atoms with Gasteiger partial charge in [-0.15, -0.1) is 0 Å². The molecule has 2 aromatic rings. The summed E-state index contributed by atoms with van der Waals surface area (Å²) in [6, 6.07) is 11.3. The molecule has 1 aromatic carbocycles. The molecule has 0 fully saturated rings. The van der Waals surface area contributed by atoms with Gasteiger partial charge in [0.05, 0.1) is 6.54 Å². The highest BCUT2D eigenvalue weighted by atomic mass is 16.5. The van der Waals surface area contributed by atoms with Crippen molar-refractivity contribution in [2.75, 3.05) is 20.2 Å². The molecule has 0 aliphatic heterocycles. The van der Waals surface area contributed by atoms with Crippen LogP contribution in [0.3, 0.4) is 0 Å². The fourth-order valence-electron chi connectivity index (χ4n) is 1.75. The number of nitrogens with zero attached hydrogens (tertiary/aromatic N) is 2. The van der Waals surface area contributed by atoms with E-state index in [0.29, 0.717) is 18.7 Å². The Kier molecular flexibility index (Phi) is 4.71. The molecule has 0 atom stereocenters. The van der Waals surface area contributed by atoms with Crippen molar-refractivity contribution in [1.82, 2.24) is 9.88 Å². The van der Waals surface area contributed by atoms with Crippen molar-refractivity contribution in [3.63, 3.8) is 0 Å². The predicted molar refractivity (Wildman–Crippen MR) is 77.9 cm³/mol. The number of rotatable bonds is 5. The van der Waals surface area contributed by atoms with Crippen LogP contribution in [0.4, 0.5) is 0 Å². The lowest BCUT2D eigenvalue weighted by atomic mass is 10.2. The Morgan fingerprint density at radius 3 is 2.45 bits per heavy atom. The second kappa shape index (κ2) is 6.70. The topological polar surface area (TPSA) is 42.4 Å². The molecule has 2 rings (SSSR count). The van der Waals surface area contributed by atoms with Gasteiger partial charge < -0.3 is 9.64 Å². The summed E-state index contributed by atoms with van der Waals surface area (Å²) in [4.78, 5) is 17.6. The maximum absolute atomic E-state index is 12.1. The number of carbonyl (C=O) groups excluding carboxylic acids is 1. The zero-order chi connectivity index (χ0) is 14.4. The Hall–Kier alpha value is -2.36. The summed E-state index contributed by atoms with van der Waals surface area (Å²) in [5, 5.41) is 0. The molecule has 0 bridgehead atoms. The number of ether oxygens (including phenoxy) is 1. The zero-order valence-electron chi connectivity index (χ0n) is 11.7. The van der Waals surface area contributed by atoms with Crippen molar-refractivity contribution in [3.8, 4) is 5.75 Å². The summed E-state index contributed by atoms with van der Waals surface area (Å²) in [6.07, 6.45) is 3.23. The minimum Gasteiger partial charge on any atom is -0.492 e. The maximum atomic E-state index is 12.1. The minimum absolute atomic E-state index is 0.0279. The van der Waals surface area contributed by atoms with Gasteiger partial charge in [0.25, 0.3) is 5.91 Å². The molecule has 1 amide bonds. The van der Waals surface area contributed by atoms with Gasteiger partial charge in [-0.3, -0.25) is 9.78 Å². The molecule has 0 saturated carbocycles. The normalized spacial score (nSPS) is 10.1. The van der Waals surface area contributed by atoms with E-state index in [2.05, 4.69) is 4.98 Å². The second-order valence-electron chi connectivity index (χ2n) is 4.62. The molecule has 0 aliphatic rings. The van der Waals surface area contributed by atoms with E-state index in [1.165, 1.54) is 5.56 Å². The van der Waals surface area contributed by atoms with E-state index in [1.54, 1.807) is 36.5 Å². The molecule has 1 aromatic heterocycles. The van der Waals surface area contributed by atoms with Gasteiger partial charge in [0.1, 0.15) is 12.4 Å². The predicted octanol–water partition coefficient (Wildman–Crippen LogP) is 2.54. The quantitative estimate of drug-likeness (QED) is 0.838. The standard InChI is InChI=1S/C16H18N2O2/c1-13-3-5-15(6-4-13)20-12-11-18(2)16(19)14-7-9-17-10-8-14/h3-10H,11-12H2,1-2H3. The third kappa shape index (κ3) is 3.82. The summed E-state index contributed by atoms with van der Waals surface area (Å²) < 4.78 is 5.61. The van der Waals surface area contributed by atoms with E-state index in [0.717, 1.165) is 5.75 Å². The van der Waals surface area contributed by atoms with Gasteiger partial charge in [-0.05, 0) is 31.2 Å². The van der Waals surface area contributed by atoms with Crippen LogP contribution in [0.25, 0.3) is 0 Å². The van der Waals surface area contributed by atoms with E-state index in [4.69, 9.17) is 4.74 Å². The number of pyridine rings is 1. The third-order valence-electron chi connectivity index (χ3n) is 2.99. The highest BCUT2D eigenvalue weighted by Crippen LogP contribution is 2.11. The van der Waals surface area contributed by atoms with Crippen LogP contribution in [0.2, 0.25) is 0 Å². The van der Waals surface area contributed by atoms with Crippen LogP contribution in [-0.2, 0) is 0 Å². The smallest absolute Gasteiger partial charge is 0.253 e. The maximum Gasteiger partial charge on any atom is 0.253 e. The lowest BCUT2D eigenvalue weighted by Gasteiger charge is -2.17. The molecule has 0 aliphatic carbocycles. The first-order valence-corrected chi connectivity index (χ1v) is 6.52. The number of aryl methyl sites for hydroxylation is 1.